The summed E-state index contributed by atoms with van der Waals surface area (Å²) in [5.41, 5.74) is 1.17. The molecular formula is C13H6Cl3N3O2. The monoisotopic (exact) mass is 341 g/mol. The van der Waals surface area contributed by atoms with E-state index in [0.29, 0.717) is 22.6 Å². The van der Waals surface area contributed by atoms with Crippen LogP contribution in [0.3, 0.4) is 0 Å². The molecule has 2 amide bonds. The van der Waals surface area contributed by atoms with Crippen molar-refractivity contribution in [1.29, 1.82) is 0 Å². The molecule has 106 valence electrons. The third-order valence-electron chi connectivity index (χ3n) is 2.89. The molecule has 2 heterocycles. The number of carbonyl (C=O) groups is 2. The second-order valence-corrected chi connectivity index (χ2v) is 5.43. The zero-order valence-corrected chi connectivity index (χ0v) is 12.5. The van der Waals surface area contributed by atoms with Crippen molar-refractivity contribution in [2.24, 2.45) is 0 Å². The fourth-order valence-electron chi connectivity index (χ4n) is 1.91. The fraction of sp³-hybridized carbons (Fsp3) is 0. The van der Waals surface area contributed by atoms with Gasteiger partial charge in [0.05, 0.1) is 21.2 Å². The van der Waals surface area contributed by atoms with Crippen LogP contribution in [0.4, 0.5) is 11.5 Å². The quantitative estimate of drug-likeness (QED) is 0.645. The van der Waals surface area contributed by atoms with E-state index < -0.39 is 11.8 Å². The number of rotatable bonds is 2. The lowest BCUT2D eigenvalue weighted by Gasteiger charge is -2.09. The van der Waals surface area contributed by atoms with Crippen molar-refractivity contribution < 1.29 is 9.59 Å². The molecule has 1 aromatic heterocycles. The Morgan fingerprint density at radius 2 is 1.67 bits per heavy atom. The Balaban J connectivity index is 1.97. The number of carbonyl (C=O) groups excluding carboxylic acids is 2. The van der Waals surface area contributed by atoms with Crippen LogP contribution in [-0.4, -0.2) is 16.8 Å². The molecular weight excluding hydrogens is 337 g/mol. The van der Waals surface area contributed by atoms with E-state index in [-0.39, 0.29) is 15.2 Å². The Hall–Kier alpha value is -1.82. The van der Waals surface area contributed by atoms with Crippen molar-refractivity contribution in [3.63, 3.8) is 0 Å². The predicted molar refractivity (Wildman–Crippen MR) is 80.8 cm³/mol. The maximum atomic E-state index is 11.6. The number of nitrogens with one attached hydrogen (secondary N) is 2. The summed E-state index contributed by atoms with van der Waals surface area (Å²) in [4.78, 5) is 27.1. The molecule has 0 atom stereocenters. The van der Waals surface area contributed by atoms with Crippen LogP contribution in [0.15, 0.2) is 24.3 Å². The number of amides is 2. The van der Waals surface area contributed by atoms with E-state index in [1.54, 1.807) is 12.1 Å². The minimum Gasteiger partial charge on any atom is -0.339 e. The van der Waals surface area contributed by atoms with Crippen LogP contribution in [0, 0.1) is 0 Å². The zero-order valence-electron chi connectivity index (χ0n) is 10.2. The number of pyridine rings is 1. The van der Waals surface area contributed by atoms with Crippen molar-refractivity contribution in [1.82, 2.24) is 10.3 Å². The number of aromatic nitrogens is 1. The van der Waals surface area contributed by atoms with E-state index >= 15 is 0 Å². The van der Waals surface area contributed by atoms with Crippen LogP contribution < -0.4 is 10.6 Å². The van der Waals surface area contributed by atoms with Gasteiger partial charge in [-0.1, -0.05) is 34.8 Å². The highest BCUT2D eigenvalue weighted by Gasteiger charge is 2.26. The summed E-state index contributed by atoms with van der Waals surface area (Å²) in [5, 5.41) is 5.78. The Labute approximate surface area is 134 Å². The summed E-state index contributed by atoms with van der Waals surface area (Å²) in [6, 6.07) is 6.18. The molecule has 0 saturated carbocycles. The van der Waals surface area contributed by atoms with Gasteiger partial charge in [0, 0.05) is 5.69 Å². The first-order valence-electron chi connectivity index (χ1n) is 5.74. The second-order valence-electron chi connectivity index (χ2n) is 4.26. The number of anilines is 2. The normalized spacial score (nSPS) is 13.1. The van der Waals surface area contributed by atoms with Crippen LogP contribution in [0.2, 0.25) is 15.2 Å². The molecule has 21 heavy (non-hydrogen) atoms. The maximum absolute atomic E-state index is 11.6. The van der Waals surface area contributed by atoms with E-state index in [1.807, 2.05) is 0 Å². The Kier molecular flexibility index (Phi) is 3.49. The van der Waals surface area contributed by atoms with Crippen molar-refractivity contribution in [2.75, 3.05) is 5.32 Å². The molecule has 0 spiro atoms. The van der Waals surface area contributed by atoms with Gasteiger partial charge in [-0.05, 0) is 24.3 Å². The number of hydrogen-bond acceptors (Lipinski definition) is 4. The molecule has 2 N–H and O–H groups in total. The van der Waals surface area contributed by atoms with Crippen LogP contribution in [0.25, 0.3) is 0 Å². The highest BCUT2D eigenvalue weighted by atomic mass is 35.5. The molecule has 1 aliphatic heterocycles. The van der Waals surface area contributed by atoms with E-state index in [0.717, 1.165) is 0 Å². The number of fused-ring (bicyclic) bond motifs is 1. The highest BCUT2D eigenvalue weighted by molar-refractivity contribution is 6.43. The Morgan fingerprint density at radius 1 is 0.952 bits per heavy atom. The summed E-state index contributed by atoms with van der Waals surface area (Å²) in [6.07, 6.45) is 0. The van der Waals surface area contributed by atoms with Crippen molar-refractivity contribution >= 4 is 58.1 Å². The van der Waals surface area contributed by atoms with E-state index in [4.69, 9.17) is 34.8 Å². The van der Waals surface area contributed by atoms with E-state index in [9.17, 15) is 9.59 Å². The minimum atomic E-state index is -0.438. The topological polar surface area (TPSA) is 71.1 Å². The SMILES string of the molecule is O=C1NC(=O)c2cc(Nc3nc(Cl)c(Cl)cc3Cl)ccc21. The molecule has 2 aromatic rings. The molecule has 5 nitrogen and oxygen atoms in total. The molecule has 1 aromatic carbocycles. The average molecular weight is 343 g/mol. The number of hydrogen-bond donors (Lipinski definition) is 2. The Bertz CT molecular complexity index is 792. The minimum absolute atomic E-state index is 0.109. The number of nitrogens with zero attached hydrogens (tertiary/aromatic N) is 1. The first kappa shape index (κ1) is 14.1. The van der Waals surface area contributed by atoms with Gasteiger partial charge in [0.2, 0.25) is 0 Å². The molecule has 8 heteroatoms. The number of imide groups is 1. The van der Waals surface area contributed by atoms with Gasteiger partial charge in [-0.2, -0.15) is 0 Å². The van der Waals surface area contributed by atoms with Gasteiger partial charge in [-0.25, -0.2) is 4.98 Å². The standard InChI is InChI=1S/C13H6Cl3N3O2/c14-8-4-9(15)11(18-10(8)16)17-5-1-2-6-7(3-5)13(21)19-12(6)20/h1-4H,(H,17,18)(H,19,20,21). The molecule has 1 aliphatic rings. The van der Waals surface area contributed by atoms with Gasteiger partial charge in [0.1, 0.15) is 5.15 Å². The summed E-state index contributed by atoms with van der Waals surface area (Å²) in [5.74, 6) is -0.546. The molecule has 0 fully saturated rings. The predicted octanol–water partition coefficient (Wildman–Crippen LogP) is 3.67. The van der Waals surface area contributed by atoms with Gasteiger partial charge < -0.3 is 5.32 Å². The second kappa shape index (κ2) is 5.18. The van der Waals surface area contributed by atoms with Gasteiger partial charge >= 0.3 is 0 Å². The van der Waals surface area contributed by atoms with Gasteiger partial charge in [-0.15, -0.1) is 0 Å². The molecule has 3 rings (SSSR count). The summed E-state index contributed by atoms with van der Waals surface area (Å²) in [7, 11) is 0. The first-order valence-corrected chi connectivity index (χ1v) is 6.87. The lowest BCUT2D eigenvalue weighted by molar-refractivity contribution is 0.0879. The zero-order chi connectivity index (χ0) is 15.1. The van der Waals surface area contributed by atoms with Crippen LogP contribution in [0.5, 0.6) is 0 Å². The number of benzene rings is 1. The smallest absolute Gasteiger partial charge is 0.259 e. The van der Waals surface area contributed by atoms with E-state index in [1.165, 1.54) is 12.1 Å². The van der Waals surface area contributed by atoms with Crippen LogP contribution >= 0.6 is 34.8 Å². The Morgan fingerprint density at radius 3 is 2.43 bits per heavy atom. The summed E-state index contributed by atoms with van der Waals surface area (Å²) < 4.78 is 0. The van der Waals surface area contributed by atoms with Gasteiger partial charge in [0.25, 0.3) is 11.8 Å². The molecule has 0 saturated heterocycles. The first-order chi connectivity index (χ1) is 9.95. The average Bonchev–Trinajstić information content (AvgIpc) is 2.71. The van der Waals surface area contributed by atoms with Crippen molar-refractivity contribution in [2.45, 2.75) is 0 Å². The largest absolute Gasteiger partial charge is 0.339 e. The summed E-state index contributed by atoms with van der Waals surface area (Å²) in [6.45, 7) is 0. The molecule has 0 aliphatic carbocycles. The highest BCUT2D eigenvalue weighted by Crippen LogP contribution is 2.31. The fourth-order valence-corrected chi connectivity index (χ4v) is 2.46. The molecule has 0 radical (unpaired) electrons. The van der Waals surface area contributed by atoms with Gasteiger partial charge in [-0.3, -0.25) is 14.9 Å². The van der Waals surface area contributed by atoms with Crippen LogP contribution in [0.1, 0.15) is 20.7 Å². The van der Waals surface area contributed by atoms with Crippen molar-refractivity contribution in [3.05, 3.63) is 50.6 Å². The van der Waals surface area contributed by atoms with Crippen LogP contribution in [-0.2, 0) is 0 Å². The third kappa shape index (κ3) is 2.55. The lowest BCUT2D eigenvalue weighted by atomic mass is 10.1. The third-order valence-corrected chi connectivity index (χ3v) is 3.85. The van der Waals surface area contributed by atoms with Crippen molar-refractivity contribution in [3.8, 4) is 0 Å². The molecule has 0 unspecified atom stereocenters. The lowest BCUT2D eigenvalue weighted by Crippen LogP contribution is -2.19. The maximum Gasteiger partial charge on any atom is 0.259 e. The van der Waals surface area contributed by atoms with Gasteiger partial charge in [0.15, 0.2) is 5.82 Å². The summed E-state index contributed by atoms with van der Waals surface area (Å²) >= 11 is 17.7. The van der Waals surface area contributed by atoms with E-state index in [2.05, 4.69) is 15.6 Å². The molecule has 0 bridgehead atoms. The number of halogens is 3.